The van der Waals surface area contributed by atoms with Crippen LogP contribution in [-0.4, -0.2) is 39.2 Å². The summed E-state index contributed by atoms with van der Waals surface area (Å²) in [6.45, 7) is 4.55. The van der Waals surface area contributed by atoms with E-state index in [1.54, 1.807) is 18.9 Å². The van der Waals surface area contributed by atoms with Crippen molar-refractivity contribution in [1.82, 2.24) is 0 Å². The number of ether oxygens (including phenoxy) is 2. The number of rotatable bonds is 9. The highest BCUT2D eigenvalue weighted by Crippen LogP contribution is 2.27. The van der Waals surface area contributed by atoms with Crippen LogP contribution >= 0.6 is 11.8 Å². The molecule has 0 saturated carbocycles. The Morgan fingerprint density at radius 1 is 1.32 bits per heavy atom. The first-order valence-electron chi connectivity index (χ1n) is 6.30. The van der Waals surface area contributed by atoms with Crippen LogP contribution in [0, 0.1) is 11.3 Å². The van der Waals surface area contributed by atoms with Crippen molar-refractivity contribution >= 4 is 17.4 Å². The van der Waals surface area contributed by atoms with Gasteiger partial charge in [-0.3, -0.25) is 0 Å². The number of anilines is 1. The molecule has 0 aliphatic heterocycles. The Bertz CT molecular complexity index is 418. The molecule has 19 heavy (non-hydrogen) atoms. The Morgan fingerprint density at radius 2 is 2.16 bits per heavy atom. The van der Waals surface area contributed by atoms with E-state index in [1.807, 2.05) is 18.2 Å². The maximum absolute atomic E-state index is 9.25. The fourth-order valence-electron chi connectivity index (χ4n) is 1.57. The predicted octanol–water partition coefficient (Wildman–Crippen LogP) is 2.75. The first kappa shape index (κ1) is 15.8. The van der Waals surface area contributed by atoms with Crippen LogP contribution < -0.4 is 5.32 Å². The Hall–Kier alpha value is -1.22. The van der Waals surface area contributed by atoms with Gasteiger partial charge in [-0.1, -0.05) is 13.0 Å². The van der Waals surface area contributed by atoms with Crippen LogP contribution in [0.5, 0.6) is 0 Å². The van der Waals surface area contributed by atoms with Gasteiger partial charge in [0.25, 0.3) is 0 Å². The number of hydrogen-bond acceptors (Lipinski definition) is 5. The number of nitrogens with zero attached hydrogens (tertiary/aromatic N) is 1. The second-order valence-electron chi connectivity index (χ2n) is 3.76. The lowest BCUT2D eigenvalue weighted by Crippen LogP contribution is -2.12. The molecule has 0 bridgehead atoms. The number of benzene rings is 1. The molecular formula is C14H20N2O2S. The van der Waals surface area contributed by atoms with Gasteiger partial charge in [-0.05, 0) is 17.9 Å². The van der Waals surface area contributed by atoms with E-state index in [9.17, 15) is 5.26 Å². The van der Waals surface area contributed by atoms with Crippen molar-refractivity contribution in [2.24, 2.45) is 0 Å². The van der Waals surface area contributed by atoms with Crippen LogP contribution in [-0.2, 0) is 9.47 Å². The fourth-order valence-corrected chi connectivity index (χ4v) is 2.36. The standard InChI is InChI=1S/C14H20N2O2S/c1-3-19-14-6-4-5-13(12(14)11-15)16-7-8-18-10-9-17-2/h4-6,16H,3,7-10H2,1-2H3. The summed E-state index contributed by atoms with van der Waals surface area (Å²) in [6, 6.07) is 8.13. The smallest absolute Gasteiger partial charge is 0.102 e. The quantitative estimate of drug-likeness (QED) is 0.557. The Balaban J connectivity index is 2.49. The van der Waals surface area contributed by atoms with Gasteiger partial charge in [0.1, 0.15) is 6.07 Å². The van der Waals surface area contributed by atoms with Crippen molar-refractivity contribution in [3.63, 3.8) is 0 Å². The SMILES string of the molecule is CCSc1cccc(NCCOCCOC)c1C#N. The Labute approximate surface area is 119 Å². The topological polar surface area (TPSA) is 54.3 Å². The van der Waals surface area contributed by atoms with Crippen LogP contribution in [0.25, 0.3) is 0 Å². The van der Waals surface area contributed by atoms with Gasteiger partial charge in [0.05, 0.1) is 31.1 Å². The van der Waals surface area contributed by atoms with Gasteiger partial charge in [-0.15, -0.1) is 11.8 Å². The normalized spacial score (nSPS) is 10.2. The number of nitrogens with one attached hydrogen (secondary N) is 1. The van der Waals surface area contributed by atoms with Crippen molar-refractivity contribution in [3.05, 3.63) is 23.8 Å². The van der Waals surface area contributed by atoms with E-state index >= 15 is 0 Å². The lowest BCUT2D eigenvalue weighted by molar-refractivity contribution is 0.0759. The van der Waals surface area contributed by atoms with Crippen molar-refractivity contribution in [3.8, 4) is 6.07 Å². The molecule has 0 radical (unpaired) electrons. The first-order valence-corrected chi connectivity index (χ1v) is 7.28. The molecule has 0 spiro atoms. The number of hydrogen-bond donors (Lipinski definition) is 1. The molecule has 4 nitrogen and oxygen atoms in total. The summed E-state index contributed by atoms with van der Waals surface area (Å²) in [7, 11) is 1.65. The summed E-state index contributed by atoms with van der Waals surface area (Å²) >= 11 is 1.68. The molecule has 0 atom stereocenters. The molecule has 0 unspecified atom stereocenters. The van der Waals surface area contributed by atoms with Crippen molar-refractivity contribution < 1.29 is 9.47 Å². The lowest BCUT2D eigenvalue weighted by atomic mass is 10.2. The highest BCUT2D eigenvalue weighted by molar-refractivity contribution is 7.99. The zero-order chi connectivity index (χ0) is 13.9. The van der Waals surface area contributed by atoms with Crippen molar-refractivity contribution in [1.29, 1.82) is 5.26 Å². The summed E-state index contributed by atoms with van der Waals surface area (Å²) in [5.74, 6) is 0.957. The second kappa shape index (κ2) is 9.68. The van der Waals surface area contributed by atoms with E-state index in [0.717, 1.165) is 16.3 Å². The third kappa shape index (κ3) is 5.52. The minimum atomic E-state index is 0.592. The average molecular weight is 280 g/mol. The van der Waals surface area contributed by atoms with Gasteiger partial charge in [0.15, 0.2) is 0 Å². The minimum Gasteiger partial charge on any atom is -0.382 e. The first-order chi connectivity index (χ1) is 9.33. The van der Waals surface area contributed by atoms with Gasteiger partial charge < -0.3 is 14.8 Å². The van der Waals surface area contributed by atoms with E-state index in [-0.39, 0.29) is 0 Å². The van der Waals surface area contributed by atoms with Gasteiger partial charge in [0, 0.05) is 18.6 Å². The molecule has 1 rings (SSSR count). The largest absolute Gasteiger partial charge is 0.382 e. The molecule has 0 amide bonds. The van der Waals surface area contributed by atoms with Gasteiger partial charge in [-0.2, -0.15) is 5.26 Å². The third-order valence-corrected chi connectivity index (χ3v) is 3.37. The predicted molar refractivity (Wildman–Crippen MR) is 78.7 cm³/mol. The van der Waals surface area contributed by atoms with Gasteiger partial charge >= 0.3 is 0 Å². The monoisotopic (exact) mass is 280 g/mol. The maximum atomic E-state index is 9.25. The van der Waals surface area contributed by atoms with Gasteiger partial charge in [0.2, 0.25) is 0 Å². The lowest BCUT2D eigenvalue weighted by Gasteiger charge is -2.11. The van der Waals surface area contributed by atoms with E-state index in [1.165, 1.54) is 0 Å². The van der Waals surface area contributed by atoms with Crippen LogP contribution in [0.1, 0.15) is 12.5 Å². The third-order valence-electron chi connectivity index (χ3n) is 2.43. The molecule has 0 aromatic heterocycles. The Morgan fingerprint density at radius 3 is 2.84 bits per heavy atom. The molecule has 0 fully saturated rings. The van der Waals surface area contributed by atoms with Crippen LogP contribution in [0.4, 0.5) is 5.69 Å². The van der Waals surface area contributed by atoms with Crippen LogP contribution in [0.15, 0.2) is 23.1 Å². The van der Waals surface area contributed by atoms with Crippen LogP contribution in [0.2, 0.25) is 0 Å². The summed E-state index contributed by atoms with van der Waals surface area (Å²) < 4.78 is 10.3. The highest BCUT2D eigenvalue weighted by atomic mass is 32.2. The summed E-state index contributed by atoms with van der Waals surface area (Å²) in [5, 5.41) is 12.5. The summed E-state index contributed by atoms with van der Waals surface area (Å²) in [5.41, 5.74) is 1.59. The highest BCUT2D eigenvalue weighted by Gasteiger charge is 2.07. The van der Waals surface area contributed by atoms with Crippen molar-refractivity contribution in [2.75, 3.05) is 44.5 Å². The zero-order valence-corrected chi connectivity index (χ0v) is 12.3. The minimum absolute atomic E-state index is 0.592. The molecule has 1 aromatic rings. The molecule has 104 valence electrons. The zero-order valence-electron chi connectivity index (χ0n) is 11.4. The van der Waals surface area contributed by atoms with Crippen LogP contribution in [0.3, 0.4) is 0 Å². The molecule has 0 aliphatic rings. The molecule has 5 heteroatoms. The summed E-state index contributed by atoms with van der Waals surface area (Å²) in [4.78, 5) is 1.02. The average Bonchev–Trinajstić information content (AvgIpc) is 2.43. The Kier molecular flexibility index (Phi) is 8.07. The molecule has 0 aliphatic carbocycles. The molecule has 1 N–H and O–H groups in total. The van der Waals surface area contributed by atoms with E-state index < -0.39 is 0 Å². The second-order valence-corrected chi connectivity index (χ2v) is 5.06. The summed E-state index contributed by atoms with van der Waals surface area (Å²) in [6.07, 6.45) is 0. The number of nitriles is 1. The van der Waals surface area contributed by atoms with E-state index in [0.29, 0.717) is 31.9 Å². The molecule has 0 heterocycles. The van der Waals surface area contributed by atoms with E-state index in [2.05, 4.69) is 18.3 Å². The fraction of sp³-hybridized carbons (Fsp3) is 0.500. The van der Waals surface area contributed by atoms with Gasteiger partial charge in [-0.25, -0.2) is 0 Å². The molecule has 1 aromatic carbocycles. The number of thioether (sulfide) groups is 1. The van der Waals surface area contributed by atoms with Crippen molar-refractivity contribution in [2.45, 2.75) is 11.8 Å². The molecular weight excluding hydrogens is 260 g/mol. The maximum Gasteiger partial charge on any atom is 0.102 e. The molecule has 0 saturated heterocycles. The van der Waals surface area contributed by atoms with E-state index in [4.69, 9.17) is 9.47 Å². The number of methoxy groups -OCH3 is 1.